The van der Waals surface area contributed by atoms with E-state index < -0.39 is 11.2 Å². The average molecular weight is 350 g/mol. The molecular weight excluding hydrogens is 332 g/mol. The van der Waals surface area contributed by atoms with Gasteiger partial charge >= 0.3 is 5.69 Å². The molecule has 1 aliphatic heterocycles. The van der Waals surface area contributed by atoms with Gasteiger partial charge in [-0.15, -0.1) is 0 Å². The number of H-pyrrole nitrogens is 2. The Morgan fingerprint density at radius 2 is 1.62 bits per heavy atom. The summed E-state index contributed by atoms with van der Waals surface area (Å²) >= 11 is 0. The first-order valence-corrected chi connectivity index (χ1v) is 8.47. The van der Waals surface area contributed by atoms with Crippen LogP contribution in [0.4, 0.5) is 5.69 Å². The van der Waals surface area contributed by atoms with Gasteiger partial charge in [0.2, 0.25) is 0 Å². The van der Waals surface area contributed by atoms with E-state index in [9.17, 15) is 14.4 Å². The highest BCUT2D eigenvalue weighted by molar-refractivity contribution is 5.94. The van der Waals surface area contributed by atoms with Crippen molar-refractivity contribution < 1.29 is 4.79 Å². The zero-order valence-electron chi connectivity index (χ0n) is 14.1. The molecular formula is C19H18N4O3. The van der Waals surface area contributed by atoms with Gasteiger partial charge in [0.15, 0.2) is 0 Å². The van der Waals surface area contributed by atoms with E-state index in [1.54, 1.807) is 12.1 Å². The van der Waals surface area contributed by atoms with E-state index in [2.05, 4.69) is 14.9 Å². The Kier molecular flexibility index (Phi) is 4.04. The molecule has 1 aliphatic rings. The third-order valence-corrected chi connectivity index (χ3v) is 4.68. The summed E-state index contributed by atoms with van der Waals surface area (Å²) in [5, 5.41) is 0.449. The van der Waals surface area contributed by atoms with Crippen molar-refractivity contribution in [3.8, 4) is 0 Å². The lowest BCUT2D eigenvalue weighted by Crippen LogP contribution is -2.48. The Morgan fingerprint density at radius 3 is 2.35 bits per heavy atom. The first-order valence-electron chi connectivity index (χ1n) is 8.47. The molecule has 132 valence electrons. The van der Waals surface area contributed by atoms with E-state index in [4.69, 9.17) is 0 Å². The molecule has 2 heterocycles. The quantitative estimate of drug-likeness (QED) is 0.726. The molecule has 0 aliphatic carbocycles. The van der Waals surface area contributed by atoms with Crippen LogP contribution in [0.5, 0.6) is 0 Å². The second-order valence-electron chi connectivity index (χ2n) is 6.28. The summed E-state index contributed by atoms with van der Waals surface area (Å²) in [6.45, 7) is 2.61. The fourth-order valence-corrected chi connectivity index (χ4v) is 3.28. The average Bonchev–Trinajstić information content (AvgIpc) is 2.68. The summed E-state index contributed by atoms with van der Waals surface area (Å²) in [7, 11) is 0. The molecule has 3 aromatic rings. The molecule has 0 bridgehead atoms. The van der Waals surface area contributed by atoms with Crippen molar-refractivity contribution in [2.45, 2.75) is 0 Å². The number of benzene rings is 2. The van der Waals surface area contributed by atoms with Crippen LogP contribution >= 0.6 is 0 Å². The summed E-state index contributed by atoms with van der Waals surface area (Å²) < 4.78 is 0. The normalized spacial score (nSPS) is 14.6. The first kappa shape index (κ1) is 16.1. The summed E-state index contributed by atoms with van der Waals surface area (Å²) in [4.78, 5) is 44.7. The zero-order valence-corrected chi connectivity index (χ0v) is 14.1. The number of aromatic amines is 2. The lowest BCUT2D eigenvalue weighted by molar-refractivity contribution is 0.0747. The topological polar surface area (TPSA) is 89.3 Å². The van der Waals surface area contributed by atoms with Crippen molar-refractivity contribution in [2.24, 2.45) is 0 Å². The maximum absolute atomic E-state index is 12.5. The lowest BCUT2D eigenvalue weighted by Gasteiger charge is -2.36. The Bertz CT molecular complexity index is 1060. The molecule has 4 rings (SSSR count). The molecule has 0 unspecified atom stereocenters. The number of nitrogens with zero attached hydrogens (tertiary/aromatic N) is 2. The highest BCUT2D eigenvalue weighted by atomic mass is 16.2. The number of carbonyl (C=O) groups excluding carboxylic acids is 1. The van der Waals surface area contributed by atoms with Gasteiger partial charge in [-0.25, -0.2) is 4.79 Å². The molecule has 1 amide bonds. The number of nitrogens with one attached hydrogen (secondary N) is 2. The van der Waals surface area contributed by atoms with Gasteiger partial charge in [-0.2, -0.15) is 0 Å². The molecule has 1 saturated heterocycles. The van der Waals surface area contributed by atoms with Crippen molar-refractivity contribution >= 4 is 22.5 Å². The van der Waals surface area contributed by atoms with Gasteiger partial charge in [0.25, 0.3) is 11.5 Å². The van der Waals surface area contributed by atoms with Gasteiger partial charge in [0, 0.05) is 37.4 Å². The van der Waals surface area contributed by atoms with Crippen LogP contribution in [-0.2, 0) is 0 Å². The Hall–Kier alpha value is -3.35. The SMILES string of the molecule is O=C(c1ccccc1)N1CCN(c2ccc3[nH]c(=O)[nH]c(=O)c3c2)CC1. The van der Waals surface area contributed by atoms with Crippen molar-refractivity contribution in [3.63, 3.8) is 0 Å². The molecule has 7 heteroatoms. The van der Waals surface area contributed by atoms with Crippen LogP contribution in [0.25, 0.3) is 10.9 Å². The third kappa shape index (κ3) is 2.99. The molecule has 0 atom stereocenters. The van der Waals surface area contributed by atoms with Crippen molar-refractivity contribution in [2.75, 3.05) is 31.1 Å². The predicted molar refractivity (Wildman–Crippen MR) is 99.7 cm³/mol. The monoisotopic (exact) mass is 350 g/mol. The van der Waals surface area contributed by atoms with E-state index >= 15 is 0 Å². The fourth-order valence-electron chi connectivity index (χ4n) is 3.28. The molecule has 2 N–H and O–H groups in total. The van der Waals surface area contributed by atoms with Crippen LogP contribution in [0.2, 0.25) is 0 Å². The largest absolute Gasteiger partial charge is 0.368 e. The van der Waals surface area contributed by atoms with Gasteiger partial charge in [0.1, 0.15) is 0 Å². The summed E-state index contributed by atoms with van der Waals surface area (Å²) in [5.41, 5.74) is 1.20. The number of piperazine rings is 1. The standard InChI is InChI=1S/C19H18N4O3/c24-17-15-12-14(6-7-16(15)20-19(26)21-17)22-8-10-23(11-9-22)18(25)13-4-2-1-3-5-13/h1-7,12H,8-11H2,(H2,20,21,24,26). The number of amides is 1. The van der Waals surface area contributed by atoms with Crippen LogP contribution in [0.15, 0.2) is 58.1 Å². The summed E-state index contributed by atoms with van der Waals surface area (Å²) in [6.07, 6.45) is 0. The van der Waals surface area contributed by atoms with Gasteiger partial charge < -0.3 is 14.8 Å². The number of rotatable bonds is 2. The van der Waals surface area contributed by atoms with Crippen LogP contribution in [0.1, 0.15) is 10.4 Å². The third-order valence-electron chi connectivity index (χ3n) is 4.68. The maximum Gasteiger partial charge on any atom is 0.326 e. The lowest BCUT2D eigenvalue weighted by atomic mass is 10.1. The van der Waals surface area contributed by atoms with Crippen molar-refractivity contribution in [1.82, 2.24) is 14.9 Å². The number of aromatic nitrogens is 2. The van der Waals surface area contributed by atoms with E-state index in [-0.39, 0.29) is 5.91 Å². The number of hydrogen-bond donors (Lipinski definition) is 2. The number of hydrogen-bond acceptors (Lipinski definition) is 4. The van der Waals surface area contributed by atoms with Crippen LogP contribution in [-0.4, -0.2) is 47.0 Å². The Labute approximate surface area is 148 Å². The van der Waals surface area contributed by atoms with Crippen molar-refractivity contribution in [1.29, 1.82) is 0 Å². The van der Waals surface area contributed by atoms with Crippen LogP contribution in [0.3, 0.4) is 0 Å². The second kappa shape index (κ2) is 6.51. The Morgan fingerprint density at radius 1 is 0.885 bits per heavy atom. The van der Waals surface area contributed by atoms with Crippen LogP contribution in [0, 0.1) is 0 Å². The smallest absolute Gasteiger partial charge is 0.326 e. The minimum atomic E-state index is -0.511. The highest BCUT2D eigenvalue weighted by Gasteiger charge is 2.22. The molecule has 7 nitrogen and oxygen atoms in total. The minimum absolute atomic E-state index is 0.0396. The summed E-state index contributed by atoms with van der Waals surface area (Å²) in [6, 6.07) is 14.7. The summed E-state index contributed by atoms with van der Waals surface area (Å²) in [5.74, 6) is 0.0396. The molecule has 2 aromatic carbocycles. The first-order chi connectivity index (χ1) is 12.6. The van der Waals surface area contributed by atoms with E-state index in [0.717, 1.165) is 5.69 Å². The van der Waals surface area contributed by atoms with Gasteiger partial charge in [-0.3, -0.25) is 14.6 Å². The number of anilines is 1. The zero-order chi connectivity index (χ0) is 18.1. The highest BCUT2D eigenvalue weighted by Crippen LogP contribution is 2.20. The Balaban J connectivity index is 1.51. The van der Waals surface area contributed by atoms with Gasteiger partial charge in [-0.05, 0) is 30.3 Å². The van der Waals surface area contributed by atoms with E-state index in [0.29, 0.717) is 42.6 Å². The van der Waals surface area contributed by atoms with E-state index in [1.807, 2.05) is 41.3 Å². The molecule has 0 radical (unpaired) electrons. The predicted octanol–water partition coefficient (Wildman–Crippen LogP) is 1.18. The number of carbonyl (C=O) groups is 1. The van der Waals surface area contributed by atoms with E-state index in [1.165, 1.54) is 0 Å². The van der Waals surface area contributed by atoms with Crippen LogP contribution < -0.4 is 16.1 Å². The van der Waals surface area contributed by atoms with Crippen molar-refractivity contribution in [3.05, 3.63) is 74.9 Å². The molecule has 1 fully saturated rings. The molecule has 1 aromatic heterocycles. The fraction of sp³-hybridized carbons (Fsp3) is 0.211. The minimum Gasteiger partial charge on any atom is -0.368 e. The van der Waals surface area contributed by atoms with Gasteiger partial charge in [0.05, 0.1) is 10.9 Å². The molecule has 26 heavy (non-hydrogen) atoms. The molecule has 0 saturated carbocycles. The maximum atomic E-state index is 12.5. The number of fused-ring (bicyclic) bond motifs is 1. The van der Waals surface area contributed by atoms with Gasteiger partial charge in [-0.1, -0.05) is 18.2 Å². The second-order valence-corrected chi connectivity index (χ2v) is 6.28. The molecule has 0 spiro atoms.